The summed E-state index contributed by atoms with van der Waals surface area (Å²) in [6, 6.07) is 10.3. The summed E-state index contributed by atoms with van der Waals surface area (Å²) in [7, 11) is 1.98. The molecule has 1 aromatic rings. The first-order valence-corrected chi connectivity index (χ1v) is 4.97. The highest BCUT2D eigenvalue weighted by atomic mass is 14.8. The van der Waals surface area contributed by atoms with E-state index in [0.29, 0.717) is 0 Å². The van der Waals surface area contributed by atoms with Crippen molar-refractivity contribution in [3.8, 4) is 0 Å². The van der Waals surface area contributed by atoms with Gasteiger partial charge in [-0.15, -0.1) is 0 Å². The van der Waals surface area contributed by atoms with Crippen LogP contribution in [0.3, 0.4) is 0 Å². The molecular weight excluding hydrogens is 158 g/mol. The Kier molecular flexibility index (Phi) is 8.68. The highest BCUT2D eigenvalue weighted by Crippen LogP contribution is 1.92. The zero-order chi connectivity index (χ0) is 9.94. The van der Waals surface area contributed by atoms with Crippen LogP contribution in [0.25, 0.3) is 0 Å². The summed E-state index contributed by atoms with van der Waals surface area (Å²) in [6.07, 6.45) is 2.59. The molecule has 1 nitrogen and oxygen atoms in total. The molecule has 0 aliphatic rings. The molecular formula is C12H21N. The van der Waals surface area contributed by atoms with Crippen LogP contribution in [0, 0.1) is 6.92 Å². The molecule has 1 heteroatoms. The van der Waals surface area contributed by atoms with Crippen LogP contribution in [-0.2, 0) is 0 Å². The van der Waals surface area contributed by atoms with Crippen molar-refractivity contribution >= 4 is 0 Å². The third kappa shape index (κ3) is 9.09. The number of rotatable bonds is 3. The van der Waals surface area contributed by atoms with Gasteiger partial charge in [-0.3, -0.25) is 0 Å². The van der Waals surface area contributed by atoms with E-state index in [2.05, 4.69) is 31.3 Å². The molecule has 0 bridgehead atoms. The minimum absolute atomic E-state index is 1.16. The standard InChI is InChI=1S/C7H8.C5H13N/c1-7-5-3-2-4-6-7;1-3-4-5-6-2/h2-6H,1H3;6H,3-5H2,1-2H3. The van der Waals surface area contributed by atoms with Crippen molar-refractivity contribution in [2.75, 3.05) is 13.6 Å². The van der Waals surface area contributed by atoms with Gasteiger partial charge in [0.15, 0.2) is 0 Å². The van der Waals surface area contributed by atoms with Crippen LogP contribution in [0.15, 0.2) is 30.3 Å². The Balaban J connectivity index is 0.000000226. The molecule has 1 rings (SSSR count). The van der Waals surface area contributed by atoms with Crippen LogP contribution < -0.4 is 5.32 Å². The first-order valence-electron chi connectivity index (χ1n) is 4.97. The predicted octanol–water partition coefficient (Wildman–Crippen LogP) is 3.00. The molecule has 0 heterocycles. The third-order valence-electron chi connectivity index (χ3n) is 1.72. The van der Waals surface area contributed by atoms with Crippen LogP contribution >= 0.6 is 0 Å². The molecule has 0 radical (unpaired) electrons. The molecule has 0 atom stereocenters. The van der Waals surface area contributed by atoms with E-state index in [1.807, 2.05) is 25.2 Å². The second-order valence-electron chi connectivity index (χ2n) is 3.11. The zero-order valence-corrected chi connectivity index (χ0v) is 9.01. The molecule has 0 fully saturated rings. The number of nitrogens with one attached hydrogen (secondary N) is 1. The molecule has 0 amide bonds. The summed E-state index contributed by atoms with van der Waals surface area (Å²) in [5.74, 6) is 0. The van der Waals surface area contributed by atoms with Gasteiger partial charge in [0.1, 0.15) is 0 Å². The lowest BCUT2D eigenvalue weighted by atomic mass is 10.2. The third-order valence-corrected chi connectivity index (χ3v) is 1.72. The molecule has 0 saturated heterocycles. The van der Waals surface area contributed by atoms with Gasteiger partial charge in [-0.05, 0) is 26.9 Å². The Bertz CT molecular complexity index is 178. The monoisotopic (exact) mass is 179 g/mol. The first-order chi connectivity index (χ1) is 6.31. The van der Waals surface area contributed by atoms with Gasteiger partial charge in [0, 0.05) is 0 Å². The minimum Gasteiger partial charge on any atom is -0.320 e. The molecule has 13 heavy (non-hydrogen) atoms. The Morgan fingerprint density at radius 3 is 2.00 bits per heavy atom. The Morgan fingerprint density at radius 1 is 1.15 bits per heavy atom. The van der Waals surface area contributed by atoms with Crippen LogP contribution in [0.5, 0.6) is 0 Å². The van der Waals surface area contributed by atoms with Crippen LogP contribution in [0.4, 0.5) is 0 Å². The molecule has 0 aliphatic heterocycles. The van der Waals surface area contributed by atoms with E-state index in [0.717, 1.165) is 6.54 Å². The summed E-state index contributed by atoms with van der Waals surface area (Å²) >= 11 is 0. The Labute approximate surface area is 82.2 Å². The van der Waals surface area contributed by atoms with Gasteiger partial charge in [0.25, 0.3) is 0 Å². The average molecular weight is 179 g/mol. The summed E-state index contributed by atoms with van der Waals surface area (Å²) in [5.41, 5.74) is 1.32. The van der Waals surface area contributed by atoms with Crippen molar-refractivity contribution in [1.82, 2.24) is 5.32 Å². The van der Waals surface area contributed by atoms with Crippen LogP contribution in [0.1, 0.15) is 25.3 Å². The molecule has 1 N–H and O–H groups in total. The van der Waals surface area contributed by atoms with Crippen molar-refractivity contribution in [2.24, 2.45) is 0 Å². The minimum atomic E-state index is 1.16. The molecule has 74 valence electrons. The van der Waals surface area contributed by atoms with E-state index in [4.69, 9.17) is 0 Å². The van der Waals surface area contributed by atoms with Gasteiger partial charge in [-0.2, -0.15) is 0 Å². The predicted molar refractivity (Wildman–Crippen MR) is 60.0 cm³/mol. The summed E-state index contributed by atoms with van der Waals surface area (Å²) in [5, 5.41) is 3.07. The lowest BCUT2D eigenvalue weighted by molar-refractivity contribution is 0.711. The molecule has 0 unspecified atom stereocenters. The summed E-state index contributed by atoms with van der Waals surface area (Å²) in [4.78, 5) is 0. The van der Waals surface area contributed by atoms with E-state index in [1.54, 1.807) is 0 Å². The lowest BCUT2D eigenvalue weighted by Crippen LogP contribution is -2.06. The molecule has 0 saturated carbocycles. The number of unbranched alkanes of at least 4 members (excludes halogenated alkanes) is 1. The van der Waals surface area contributed by atoms with Gasteiger partial charge >= 0.3 is 0 Å². The Hall–Kier alpha value is -0.820. The number of hydrogen-bond acceptors (Lipinski definition) is 1. The van der Waals surface area contributed by atoms with E-state index in [1.165, 1.54) is 18.4 Å². The molecule has 0 aromatic heterocycles. The van der Waals surface area contributed by atoms with E-state index < -0.39 is 0 Å². The normalized spacial score (nSPS) is 8.85. The van der Waals surface area contributed by atoms with Crippen molar-refractivity contribution < 1.29 is 0 Å². The Morgan fingerprint density at radius 2 is 1.77 bits per heavy atom. The highest BCUT2D eigenvalue weighted by Gasteiger charge is 1.73. The van der Waals surface area contributed by atoms with Crippen LogP contribution in [0.2, 0.25) is 0 Å². The topological polar surface area (TPSA) is 12.0 Å². The molecule has 0 spiro atoms. The number of hydrogen-bond donors (Lipinski definition) is 1. The van der Waals surface area contributed by atoms with Gasteiger partial charge in [-0.25, -0.2) is 0 Å². The zero-order valence-electron chi connectivity index (χ0n) is 9.01. The maximum atomic E-state index is 3.07. The maximum absolute atomic E-state index is 3.07. The van der Waals surface area contributed by atoms with Crippen molar-refractivity contribution in [3.05, 3.63) is 35.9 Å². The van der Waals surface area contributed by atoms with E-state index in [9.17, 15) is 0 Å². The quantitative estimate of drug-likeness (QED) is 0.703. The van der Waals surface area contributed by atoms with Gasteiger partial charge < -0.3 is 5.32 Å². The summed E-state index contributed by atoms with van der Waals surface area (Å²) in [6.45, 7) is 5.44. The summed E-state index contributed by atoms with van der Waals surface area (Å²) < 4.78 is 0. The van der Waals surface area contributed by atoms with Crippen molar-refractivity contribution in [1.29, 1.82) is 0 Å². The van der Waals surface area contributed by atoms with Crippen molar-refractivity contribution in [2.45, 2.75) is 26.7 Å². The number of aryl methyl sites for hydroxylation is 1. The van der Waals surface area contributed by atoms with Gasteiger partial charge in [0.2, 0.25) is 0 Å². The van der Waals surface area contributed by atoms with Gasteiger partial charge in [-0.1, -0.05) is 49.2 Å². The average Bonchev–Trinajstić information content (AvgIpc) is 2.17. The van der Waals surface area contributed by atoms with Crippen LogP contribution in [-0.4, -0.2) is 13.6 Å². The highest BCUT2D eigenvalue weighted by molar-refractivity contribution is 5.11. The fourth-order valence-electron chi connectivity index (χ4n) is 0.888. The van der Waals surface area contributed by atoms with Gasteiger partial charge in [0.05, 0.1) is 0 Å². The first kappa shape index (κ1) is 12.2. The van der Waals surface area contributed by atoms with E-state index in [-0.39, 0.29) is 0 Å². The number of benzene rings is 1. The van der Waals surface area contributed by atoms with E-state index >= 15 is 0 Å². The largest absolute Gasteiger partial charge is 0.320 e. The molecule has 0 aliphatic carbocycles. The fourth-order valence-corrected chi connectivity index (χ4v) is 0.888. The fraction of sp³-hybridized carbons (Fsp3) is 0.500. The second-order valence-corrected chi connectivity index (χ2v) is 3.11. The molecule has 1 aromatic carbocycles. The lowest BCUT2D eigenvalue weighted by Gasteiger charge is -1.89. The maximum Gasteiger partial charge on any atom is -0.00520 e. The SMILES string of the molecule is CCCCNC.Cc1ccccc1. The van der Waals surface area contributed by atoms with Crippen molar-refractivity contribution in [3.63, 3.8) is 0 Å². The smallest absolute Gasteiger partial charge is 0.00520 e. The second kappa shape index (κ2) is 9.27.